The molecular formula is C25H27ClN4O5S3. The van der Waals surface area contributed by atoms with E-state index >= 15 is 0 Å². The van der Waals surface area contributed by atoms with Crippen molar-refractivity contribution in [3.63, 3.8) is 0 Å². The third kappa shape index (κ3) is 5.91. The van der Waals surface area contributed by atoms with Crippen LogP contribution in [0.5, 0.6) is 0 Å². The van der Waals surface area contributed by atoms with Crippen LogP contribution in [0.2, 0.25) is 5.02 Å². The number of anilines is 1. The van der Waals surface area contributed by atoms with E-state index in [2.05, 4.69) is 25.5 Å². The van der Waals surface area contributed by atoms with Crippen molar-refractivity contribution in [1.82, 2.24) is 9.97 Å². The Kier molecular flexibility index (Phi) is 8.11. The van der Waals surface area contributed by atoms with Crippen LogP contribution in [0.4, 0.5) is 5.82 Å². The number of aliphatic hydroxyl groups excluding tert-OH is 1. The molecule has 0 amide bonds. The van der Waals surface area contributed by atoms with Gasteiger partial charge >= 0.3 is 10.3 Å². The number of nitrogens with two attached hydrogens (primary N) is 1. The summed E-state index contributed by atoms with van der Waals surface area (Å²) in [4.78, 5) is 22.6. The quantitative estimate of drug-likeness (QED) is 0.313. The van der Waals surface area contributed by atoms with Crippen LogP contribution in [-0.4, -0.2) is 53.8 Å². The average molecular weight is 595 g/mol. The Bertz CT molecular complexity index is 1430. The lowest BCUT2D eigenvalue weighted by Crippen LogP contribution is -2.24. The van der Waals surface area contributed by atoms with E-state index in [0.717, 1.165) is 29.7 Å². The number of hydrogen-bond acceptors (Lipinski definition) is 10. The zero-order chi connectivity index (χ0) is 26.9. The van der Waals surface area contributed by atoms with Gasteiger partial charge in [-0.15, -0.1) is 23.1 Å². The van der Waals surface area contributed by atoms with Crippen LogP contribution in [0.25, 0.3) is 0 Å². The molecule has 13 heteroatoms. The molecular weight excluding hydrogens is 568 g/mol. The monoisotopic (exact) mass is 594 g/mol. The van der Waals surface area contributed by atoms with Crippen molar-refractivity contribution in [2.24, 2.45) is 11.1 Å². The fourth-order valence-corrected chi connectivity index (χ4v) is 8.26. The molecule has 0 bridgehead atoms. The first-order chi connectivity index (χ1) is 18.1. The van der Waals surface area contributed by atoms with Crippen molar-refractivity contribution in [2.45, 2.75) is 42.6 Å². The zero-order valence-electron chi connectivity index (χ0n) is 20.2. The predicted molar refractivity (Wildman–Crippen MR) is 149 cm³/mol. The van der Waals surface area contributed by atoms with Crippen molar-refractivity contribution in [1.29, 1.82) is 0 Å². The van der Waals surface area contributed by atoms with Crippen LogP contribution < -0.4 is 10.5 Å². The first-order valence-electron chi connectivity index (χ1n) is 12.1. The van der Waals surface area contributed by atoms with Gasteiger partial charge in [-0.25, -0.2) is 15.1 Å². The van der Waals surface area contributed by atoms with Gasteiger partial charge in [0.1, 0.15) is 12.1 Å². The van der Waals surface area contributed by atoms with E-state index in [-0.39, 0.29) is 23.2 Å². The first-order valence-corrected chi connectivity index (χ1v) is 15.8. The molecule has 1 aliphatic carbocycles. The summed E-state index contributed by atoms with van der Waals surface area (Å²) in [6.45, 7) is -0.210. The topological polar surface area (TPSA) is 144 Å². The molecule has 202 valence electrons. The van der Waals surface area contributed by atoms with Crippen LogP contribution in [0.15, 0.2) is 48.2 Å². The number of benzene rings is 1. The minimum atomic E-state index is -4.09. The van der Waals surface area contributed by atoms with Gasteiger partial charge in [-0.3, -0.25) is 8.98 Å². The molecule has 2 aromatic heterocycles. The third-order valence-electron chi connectivity index (χ3n) is 7.00. The molecule has 0 radical (unpaired) electrons. The third-order valence-corrected chi connectivity index (χ3v) is 10.3. The predicted octanol–water partition coefficient (Wildman–Crippen LogP) is 3.96. The van der Waals surface area contributed by atoms with Crippen molar-refractivity contribution >= 4 is 56.6 Å². The largest absolute Gasteiger partial charge is 0.393 e. The summed E-state index contributed by atoms with van der Waals surface area (Å²) in [7, 11) is -4.09. The molecule has 1 aliphatic heterocycles. The van der Waals surface area contributed by atoms with Crippen molar-refractivity contribution in [3.05, 3.63) is 74.8 Å². The summed E-state index contributed by atoms with van der Waals surface area (Å²) in [5, 5.41) is 21.2. The van der Waals surface area contributed by atoms with Crippen molar-refractivity contribution in [2.75, 3.05) is 17.7 Å². The van der Waals surface area contributed by atoms with Gasteiger partial charge in [0, 0.05) is 23.2 Å². The maximum atomic E-state index is 13.6. The molecule has 4 N–H and O–H groups in total. The molecule has 1 aromatic carbocycles. The van der Waals surface area contributed by atoms with E-state index in [1.54, 1.807) is 0 Å². The Morgan fingerprint density at radius 2 is 2.13 bits per heavy atom. The number of aliphatic hydroxyl groups is 1. The van der Waals surface area contributed by atoms with Gasteiger partial charge < -0.3 is 10.4 Å². The van der Waals surface area contributed by atoms with Gasteiger partial charge in [0.05, 0.1) is 27.9 Å². The molecule has 1 saturated heterocycles. The number of carbonyl (C=O) groups is 1. The van der Waals surface area contributed by atoms with Gasteiger partial charge in [0.25, 0.3) is 0 Å². The second-order valence-electron chi connectivity index (χ2n) is 9.52. The number of thiophene rings is 1. The van der Waals surface area contributed by atoms with Gasteiger partial charge in [-0.1, -0.05) is 23.7 Å². The Morgan fingerprint density at radius 3 is 2.87 bits per heavy atom. The average Bonchev–Trinajstić information content (AvgIpc) is 3.63. The number of thioether (sulfide) groups is 1. The highest BCUT2D eigenvalue weighted by Crippen LogP contribution is 2.52. The number of aromatic nitrogens is 2. The van der Waals surface area contributed by atoms with E-state index in [0.29, 0.717) is 34.1 Å². The van der Waals surface area contributed by atoms with Crippen LogP contribution in [0.1, 0.15) is 52.0 Å². The molecule has 2 aliphatic rings. The highest BCUT2D eigenvalue weighted by Gasteiger charge is 2.40. The van der Waals surface area contributed by atoms with Crippen LogP contribution in [0.3, 0.4) is 0 Å². The smallest absolute Gasteiger partial charge is 0.333 e. The maximum Gasteiger partial charge on any atom is 0.333 e. The summed E-state index contributed by atoms with van der Waals surface area (Å²) < 4.78 is 26.7. The lowest BCUT2D eigenvalue weighted by molar-refractivity contribution is 0.101. The molecule has 5 rings (SSSR count). The van der Waals surface area contributed by atoms with Gasteiger partial charge in [-0.2, -0.15) is 8.42 Å². The Balaban J connectivity index is 1.35. The standard InChI is InChI=1S/C25H27ClN4O5S3/c26-18-4-1-3-16(8-18)25(5-2-6-37-25)17-9-22(36-13-17)23(32)20-11-28-14-29-24(20)30-19-7-15(21(31)10-19)12-35-38(27,33)34/h1,3-4,8-9,11,13-15,19,21,31H,2,5-7,10,12H2,(H2,27,33,34)(H,28,29,30)/t15-,19-,21+,25+/m1/s1. The van der Waals surface area contributed by atoms with E-state index in [1.807, 2.05) is 41.4 Å². The Hall–Kier alpha value is -2.06. The summed E-state index contributed by atoms with van der Waals surface area (Å²) in [5.74, 6) is 0.785. The van der Waals surface area contributed by atoms with Crippen molar-refractivity contribution in [3.8, 4) is 0 Å². The summed E-state index contributed by atoms with van der Waals surface area (Å²) in [6.07, 6.45) is 4.88. The number of carbonyl (C=O) groups excluding carboxylic acids is 1. The van der Waals surface area contributed by atoms with Crippen LogP contribution >= 0.6 is 34.7 Å². The molecule has 0 spiro atoms. The van der Waals surface area contributed by atoms with E-state index in [1.165, 1.54) is 23.9 Å². The highest BCUT2D eigenvalue weighted by molar-refractivity contribution is 8.00. The number of rotatable bonds is 9. The van der Waals surface area contributed by atoms with Crippen LogP contribution in [0, 0.1) is 5.92 Å². The molecule has 38 heavy (non-hydrogen) atoms. The normalized spacial score (nSPS) is 25.5. The lowest BCUT2D eigenvalue weighted by Gasteiger charge is -2.28. The molecule has 3 heterocycles. The molecule has 4 atom stereocenters. The molecule has 9 nitrogen and oxygen atoms in total. The SMILES string of the molecule is NS(=O)(=O)OC[C@H]1C[C@@H](Nc2ncncc2C(=O)c2cc([C@@]3(c4cccc(Cl)c4)CCCS3)cs2)C[C@@H]1O. The second-order valence-corrected chi connectivity index (χ2v) is 13.5. The fourth-order valence-electron chi connectivity index (χ4n) is 5.19. The first kappa shape index (κ1) is 27.5. The fraction of sp³-hybridized carbons (Fsp3) is 0.400. The molecule has 0 unspecified atom stereocenters. The van der Waals surface area contributed by atoms with Gasteiger partial charge in [0.2, 0.25) is 5.78 Å². The van der Waals surface area contributed by atoms with Gasteiger partial charge in [0.15, 0.2) is 0 Å². The molecule has 1 saturated carbocycles. The van der Waals surface area contributed by atoms with Gasteiger partial charge in [-0.05, 0) is 66.1 Å². The Labute approximate surface area is 234 Å². The highest BCUT2D eigenvalue weighted by atomic mass is 35.5. The number of hydrogen-bond donors (Lipinski definition) is 3. The molecule has 2 fully saturated rings. The second kappa shape index (κ2) is 11.2. The lowest BCUT2D eigenvalue weighted by atomic mass is 9.88. The summed E-state index contributed by atoms with van der Waals surface area (Å²) in [5.41, 5.74) is 2.55. The number of nitrogens with zero attached hydrogens (tertiary/aromatic N) is 2. The summed E-state index contributed by atoms with van der Waals surface area (Å²) >= 11 is 9.58. The number of halogens is 1. The summed E-state index contributed by atoms with van der Waals surface area (Å²) in [6, 6.07) is 9.64. The van der Waals surface area contributed by atoms with E-state index in [4.69, 9.17) is 16.7 Å². The zero-order valence-corrected chi connectivity index (χ0v) is 23.5. The number of nitrogens with one attached hydrogen (secondary N) is 1. The molecule has 3 aromatic rings. The van der Waals surface area contributed by atoms with Crippen LogP contribution in [-0.2, 0) is 19.2 Å². The maximum absolute atomic E-state index is 13.6. The minimum Gasteiger partial charge on any atom is -0.393 e. The Morgan fingerprint density at radius 1 is 1.29 bits per heavy atom. The van der Waals surface area contributed by atoms with E-state index in [9.17, 15) is 18.3 Å². The minimum absolute atomic E-state index is 0.193. The van der Waals surface area contributed by atoms with Crippen molar-refractivity contribution < 1.29 is 22.5 Å². The van der Waals surface area contributed by atoms with E-state index < -0.39 is 22.3 Å². The number of ketones is 1.